The number of hydrogen-bond acceptors (Lipinski definition) is 9. The predicted octanol–water partition coefficient (Wildman–Crippen LogP) is 5.85. The van der Waals surface area contributed by atoms with Crippen LogP contribution in [0.3, 0.4) is 0 Å². The van der Waals surface area contributed by atoms with Crippen molar-refractivity contribution in [1.82, 2.24) is 25.2 Å². The van der Waals surface area contributed by atoms with Crippen molar-refractivity contribution in [1.29, 1.82) is 0 Å². The van der Waals surface area contributed by atoms with E-state index in [-0.39, 0.29) is 62.1 Å². The van der Waals surface area contributed by atoms with Crippen LogP contribution in [0.1, 0.15) is 43.2 Å². The van der Waals surface area contributed by atoms with Gasteiger partial charge in [0.05, 0.1) is 26.8 Å². The minimum Gasteiger partial charge on any atom is -0.461 e. The molecule has 2 aromatic carbocycles. The Bertz CT molecular complexity index is 1820. The maximum Gasteiger partial charge on any atom is 0.417 e. The number of thiazole rings is 1. The predicted molar refractivity (Wildman–Crippen MR) is 163 cm³/mol. The van der Waals surface area contributed by atoms with Crippen LogP contribution in [0.15, 0.2) is 18.2 Å². The van der Waals surface area contributed by atoms with E-state index < -0.39 is 29.3 Å². The van der Waals surface area contributed by atoms with E-state index in [0.717, 1.165) is 55.7 Å². The number of alkyl halides is 4. The van der Waals surface area contributed by atoms with Crippen LogP contribution in [-0.4, -0.2) is 76.4 Å². The van der Waals surface area contributed by atoms with Crippen LogP contribution in [0.4, 0.5) is 32.9 Å². The van der Waals surface area contributed by atoms with Gasteiger partial charge in [0.2, 0.25) is 0 Å². The number of rotatable bonds is 5. The molecule has 3 N–H and O–H groups in total. The lowest BCUT2D eigenvalue weighted by Gasteiger charge is -2.35. The van der Waals surface area contributed by atoms with Crippen LogP contribution in [-0.2, 0) is 6.18 Å². The molecule has 0 aliphatic carbocycles. The van der Waals surface area contributed by atoms with Crippen molar-refractivity contribution in [3.63, 3.8) is 0 Å². The van der Waals surface area contributed by atoms with Crippen molar-refractivity contribution in [2.75, 3.05) is 43.4 Å². The molecular weight excluding hydrogens is 613 g/mol. The van der Waals surface area contributed by atoms with Crippen molar-refractivity contribution in [3.05, 3.63) is 35.1 Å². The summed E-state index contributed by atoms with van der Waals surface area (Å²) in [5.41, 5.74) is 5.15. The number of piperazine rings is 1. The molecule has 0 spiro atoms. The first-order chi connectivity index (χ1) is 21.5. The van der Waals surface area contributed by atoms with Crippen molar-refractivity contribution >= 4 is 43.4 Å². The molecule has 45 heavy (non-hydrogen) atoms. The molecule has 14 heteroatoms. The number of aromatic nitrogens is 3. The van der Waals surface area contributed by atoms with E-state index >= 15 is 0 Å². The standard InChI is InChI=1S/C31H32F5N7OS/c1-15-23(19-5-6-22(33)26-25(19)39-28(37)45-26)21(31(34,35)36)9-20-24(15)40-29(41-27(20)42-12-17-3-4-18(13-42)38-17)44-14-30-7-2-8-43(30)11-16(32)10-30/h5-6,9,16-18,38H,2-4,7-8,10-14H2,1H3,(H2,37,39)/t16-,17?,18?,30?/m1/s1. The topological polar surface area (TPSA) is 92.4 Å². The number of ether oxygens (including phenoxy) is 1. The lowest BCUT2D eigenvalue weighted by atomic mass is 9.91. The summed E-state index contributed by atoms with van der Waals surface area (Å²) in [5, 5.41) is 3.88. The first-order valence-corrected chi connectivity index (χ1v) is 16.1. The van der Waals surface area contributed by atoms with E-state index in [9.17, 15) is 22.0 Å². The van der Waals surface area contributed by atoms with Gasteiger partial charge in [0.25, 0.3) is 0 Å². The maximum atomic E-state index is 14.9. The summed E-state index contributed by atoms with van der Waals surface area (Å²) in [6.07, 6.45) is -1.62. The molecule has 4 aliphatic rings. The molecule has 4 aromatic rings. The Morgan fingerprint density at radius 3 is 2.64 bits per heavy atom. The molecule has 2 aromatic heterocycles. The Balaban J connectivity index is 1.32. The van der Waals surface area contributed by atoms with Gasteiger partial charge < -0.3 is 20.7 Å². The number of fused-ring (bicyclic) bond motifs is 5. The Hall–Kier alpha value is -3.36. The molecule has 4 saturated heterocycles. The number of nitrogens with two attached hydrogens (primary N) is 1. The number of benzene rings is 2. The van der Waals surface area contributed by atoms with Crippen LogP contribution in [0.25, 0.3) is 32.2 Å². The number of halogens is 5. The van der Waals surface area contributed by atoms with E-state index in [1.165, 1.54) is 6.07 Å². The van der Waals surface area contributed by atoms with E-state index in [1.807, 2.05) is 4.90 Å². The van der Waals surface area contributed by atoms with Crippen LogP contribution >= 0.6 is 11.3 Å². The zero-order valence-corrected chi connectivity index (χ0v) is 25.4. The van der Waals surface area contributed by atoms with E-state index in [2.05, 4.69) is 15.2 Å². The van der Waals surface area contributed by atoms with E-state index in [1.54, 1.807) is 6.92 Å². The van der Waals surface area contributed by atoms with Gasteiger partial charge in [-0.2, -0.15) is 23.1 Å². The summed E-state index contributed by atoms with van der Waals surface area (Å²) in [6.45, 7) is 4.11. The van der Waals surface area contributed by atoms with E-state index in [4.69, 9.17) is 20.4 Å². The summed E-state index contributed by atoms with van der Waals surface area (Å²) < 4.78 is 80.3. The molecule has 6 heterocycles. The number of nitrogens with one attached hydrogen (secondary N) is 1. The highest BCUT2D eigenvalue weighted by Crippen LogP contribution is 2.47. The number of aryl methyl sites for hydroxylation is 1. The first-order valence-electron chi connectivity index (χ1n) is 15.3. The van der Waals surface area contributed by atoms with Gasteiger partial charge in [-0.1, -0.05) is 11.3 Å². The summed E-state index contributed by atoms with van der Waals surface area (Å²) >= 11 is 0.888. The Labute approximate surface area is 259 Å². The fourth-order valence-electron chi connectivity index (χ4n) is 8.08. The third-order valence-electron chi connectivity index (χ3n) is 10.0. The molecule has 3 unspecified atom stereocenters. The van der Waals surface area contributed by atoms with E-state index in [0.29, 0.717) is 37.4 Å². The van der Waals surface area contributed by atoms with Gasteiger partial charge in [-0.15, -0.1) is 0 Å². The van der Waals surface area contributed by atoms with Gasteiger partial charge in [-0.05, 0) is 62.9 Å². The zero-order chi connectivity index (χ0) is 31.2. The van der Waals surface area contributed by atoms with Crippen molar-refractivity contribution in [2.45, 2.75) is 69.0 Å². The molecule has 238 valence electrons. The molecular formula is C31H32F5N7OS. The smallest absolute Gasteiger partial charge is 0.417 e. The van der Waals surface area contributed by atoms with Crippen LogP contribution in [0.2, 0.25) is 0 Å². The molecule has 0 radical (unpaired) electrons. The van der Waals surface area contributed by atoms with Crippen LogP contribution < -0.4 is 20.7 Å². The third kappa shape index (κ3) is 4.78. The largest absolute Gasteiger partial charge is 0.461 e. The monoisotopic (exact) mass is 645 g/mol. The zero-order valence-electron chi connectivity index (χ0n) is 24.6. The summed E-state index contributed by atoms with van der Waals surface area (Å²) in [6, 6.07) is 4.01. The number of nitrogen functional groups attached to an aromatic ring is 1. The molecule has 8 rings (SSSR count). The molecule has 4 atom stereocenters. The number of hydrogen-bond donors (Lipinski definition) is 2. The van der Waals surface area contributed by atoms with Crippen molar-refractivity contribution < 1.29 is 26.7 Å². The second kappa shape index (κ2) is 10.3. The molecule has 4 fully saturated rings. The van der Waals surface area contributed by atoms with Gasteiger partial charge in [0.15, 0.2) is 5.13 Å². The summed E-state index contributed by atoms with van der Waals surface area (Å²) in [4.78, 5) is 17.8. The van der Waals surface area contributed by atoms with Gasteiger partial charge in [0, 0.05) is 54.7 Å². The van der Waals surface area contributed by atoms with Crippen molar-refractivity contribution in [2.24, 2.45) is 0 Å². The lowest BCUT2D eigenvalue weighted by Crippen LogP contribution is -2.51. The van der Waals surface area contributed by atoms with Crippen molar-refractivity contribution in [3.8, 4) is 17.1 Å². The minimum atomic E-state index is -4.75. The second-order valence-electron chi connectivity index (χ2n) is 12.9. The second-order valence-corrected chi connectivity index (χ2v) is 13.9. The fraction of sp³-hybridized carbons (Fsp3) is 0.516. The Morgan fingerprint density at radius 2 is 1.89 bits per heavy atom. The summed E-state index contributed by atoms with van der Waals surface area (Å²) in [5.74, 6) is -0.224. The SMILES string of the molecule is Cc1c(-c2ccc(F)c3sc(N)nc23)c(C(F)(F)F)cc2c(N3CC4CCC(C3)N4)nc(OCC34CCCN3C[C@H](F)C4)nc12. The molecule has 0 saturated carbocycles. The van der Waals surface area contributed by atoms with Gasteiger partial charge in [0.1, 0.15) is 24.4 Å². The molecule has 2 bridgehead atoms. The maximum absolute atomic E-state index is 14.9. The first kappa shape index (κ1) is 29.1. The van der Waals surface area contributed by atoms with Gasteiger partial charge in [-0.3, -0.25) is 4.90 Å². The Kier molecular flexibility index (Phi) is 6.67. The Morgan fingerprint density at radius 1 is 1.11 bits per heavy atom. The molecule has 4 aliphatic heterocycles. The highest BCUT2D eigenvalue weighted by molar-refractivity contribution is 7.22. The fourth-order valence-corrected chi connectivity index (χ4v) is 8.84. The average Bonchev–Trinajstić information content (AvgIpc) is 3.73. The quantitative estimate of drug-likeness (QED) is 0.261. The average molecular weight is 646 g/mol. The molecule has 8 nitrogen and oxygen atoms in total. The highest BCUT2D eigenvalue weighted by Gasteiger charge is 2.49. The number of nitrogens with zero attached hydrogens (tertiary/aromatic N) is 5. The van der Waals surface area contributed by atoms with Crippen LogP contribution in [0, 0.1) is 12.7 Å². The minimum absolute atomic E-state index is 0.0443. The lowest BCUT2D eigenvalue weighted by molar-refractivity contribution is -0.137. The normalized spacial score (nSPS) is 26.8. The summed E-state index contributed by atoms with van der Waals surface area (Å²) in [7, 11) is 0. The van der Waals surface area contributed by atoms with Crippen LogP contribution in [0.5, 0.6) is 6.01 Å². The number of anilines is 2. The van der Waals surface area contributed by atoms with Gasteiger partial charge >= 0.3 is 12.2 Å². The highest BCUT2D eigenvalue weighted by atomic mass is 32.1. The van der Waals surface area contributed by atoms with Gasteiger partial charge in [-0.25, -0.2) is 13.8 Å². The third-order valence-corrected chi connectivity index (χ3v) is 10.9. The molecule has 0 amide bonds.